The van der Waals surface area contributed by atoms with Crippen LogP contribution in [0.2, 0.25) is 5.21 Å². The molecule has 0 aliphatic carbocycles. The molecule has 0 atom stereocenters. The molecule has 27 heavy (non-hydrogen) atoms. The van der Waals surface area contributed by atoms with Crippen LogP contribution in [0.25, 0.3) is 0 Å². The summed E-state index contributed by atoms with van der Waals surface area (Å²) < 4.78 is 8.27. The van der Waals surface area contributed by atoms with Crippen LogP contribution in [0.1, 0.15) is 6.42 Å². The second-order valence-corrected chi connectivity index (χ2v) is 13.6. The second kappa shape index (κ2) is 8.83. The number of esters is 1. The third kappa shape index (κ3) is 4.20. The van der Waals surface area contributed by atoms with Gasteiger partial charge in [-0.1, -0.05) is 0 Å². The molecule has 3 aromatic rings. The second-order valence-electron chi connectivity index (χ2n) is 6.27. The molecule has 3 aromatic carbocycles. The number of benzene rings is 3. The Bertz CT molecular complexity index is 796. The first-order valence-corrected chi connectivity index (χ1v) is 12.9. The van der Waals surface area contributed by atoms with Gasteiger partial charge in [-0.25, -0.2) is 0 Å². The van der Waals surface area contributed by atoms with Crippen LogP contribution < -0.4 is 13.1 Å². The van der Waals surface area contributed by atoms with E-state index in [0.717, 1.165) is 0 Å². The van der Waals surface area contributed by atoms with E-state index in [1.807, 2.05) is 54.6 Å². The summed E-state index contributed by atoms with van der Waals surface area (Å²) in [5.74, 6) is -0.561. The molecule has 0 aliphatic rings. The van der Waals surface area contributed by atoms with Gasteiger partial charge in [-0.3, -0.25) is 0 Å². The molecule has 0 N–H and O–H groups in total. The zero-order chi connectivity index (χ0) is 19.1. The number of methoxy groups -OCH3 is 1. The van der Waals surface area contributed by atoms with E-state index in [0.29, 0.717) is 5.21 Å². The maximum atomic E-state index is 12.9. The van der Waals surface area contributed by atoms with Crippen molar-refractivity contribution in [3.63, 3.8) is 0 Å². The van der Waals surface area contributed by atoms with Gasteiger partial charge in [0, 0.05) is 0 Å². The van der Waals surface area contributed by atoms with Crippen LogP contribution in [0, 0.1) is 0 Å². The first-order valence-electron chi connectivity index (χ1n) is 8.80. The number of hydrogen-bond acceptors (Lipinski definition) is 3. The number of rotatable bonds is 7. The molecule has 4 heteroatoms. The summed E-state index contributed by atoms with van der Waals surface area (Å²) in [6, 6.07) is 30.7. The van der Waals surface area contributed by atoms with Crippen molar-refractivity contribution in [1.82, 2.24) is 0 Å². The van der Waals surface area contributed by atoms with Gasteiger partial charge < -0.3 is 0 Å². The Morgan fingerprint density at radius 3 is 1.41 bits per heavy atom. The van der Waals surface area contributed by atoms with E-state index in [1.165, 1.54) is 20.2 Å². The van der Waals surface area contributed by atoms with Crippen molar-refractivity contribution in [3.05, 3.63) is 91.0 Å². The molecule has 0 saturated carbocycles. The third-order valence-corrected chi connectivity index (χ3v) is 13.7. The molecule has 0 amide bonds. The Labute approximate surface area is 162 Å². The molecule has 0 fully saturated rings. The van der Waals surface area contributed by atoms with Crippen LogP contribution in [0.15, 0.2) is 91.0 Å². The summed E-state index contributed by atoms with van der Waals surface area (Å²) in [7, 11) is 1.31. The molecule has 0 radical (unpaired) electrons. The average Bonchev–Trinajstić information content (AvgIpc) is 2.74. The molecule has 3 rings (SSSR count). The van der Waals surface area contributed by atoms with E-state index in [-0.39, 0.29) is 12.2 Å². The number of ether oxygens (including phenoxy) is 1. The van der Waals surface area contributed by atoms with Crippen LogP contribution in [0.4, 0.5) is 0 Å². The molecule has 0 bridgehead atoms. The Kier molecular flexibility index (Phi) is 6.26. The number of Topliss-reactive ketones (excluding diaryl/α,β-unsaturated/α-hetero) is 1. The van der Waals surface area contributed by atoms with Crippen molar-refractivity contribution in [1.29, 1.82) is 0 Å². The van der Waals surface area contributed by atoms with Gasteiger partial charge in [-0.2, -0.15) is 0 Å². The van der Waals surface area contributed by atoms with Gasteiger partial charge in [0.2, 0.25) is 0 Å². The number of ketones is 1. The molecule has 136 valence electrons. The fourth-order valence-electron chi connectivity index (χ4n) is 3.32. The van der Waals surface area contributed by atoms with Crippen LogP contribution >= 0.6 is 0 Å². The molecule has 0 unspecified atom stereocenters. The van der Waals surface area contributed by atoms with Gasteiger partial charge >= 0.3 is 162 Å². The van der Waals surface area contributed by atoms with Crippen molar-refractivity contribution < 1.29 is 14.3 Å². The molecule has 0 saturated heterocycles. The Morgan fingerprint density at radius 1 is 0.704 bits per heavy atom. The zero-order valence-electron chi connectivity index (χ0n) is 15.2. The molecular weight excluding hydrogens is 399 g/mol. The van der Waals surface area contributed by atoms with E-state index in [4.69, 9.17) is 4.74 Å². The summed E-state index contributed by atoms with van der Waals surface area (Å²) >= 11 is -3.09. The normalized spacial score (nSPS) is 11.0. The van der Waals surface area contributed by atoms with Gasteiger partial charge in [0.05, 0.1) is 0 Å². The predicted molar refractivity (Wildman–Crippen MR) is 110 cm³/mol. The predicted octanol–water partition coefficient (Wildman–Crippen LogP) is 2.29. The van der Waals surface area contributed by atoms with Crippen molar-refractivity contribution in [3.8, 4) is 0 Å². The summed E-state index contributed by atoms with van der Waals surface area (Å²) in [6.07, 6.45) is -0.188. The van der Waals surface area contributed by atoms with Crippen LogP contribution in [0.3, 0.4) is 0 Å². The van der Waals surface area contributed by atoms with Crippen molar-refractivity contribution in [2.75, 3.05) is 7.11 Å². The van der Waals surface area contributed by atoms with Gasteiger partial charge in [-0.05, 0) is 0 Å². The standard InChI is InChI=1S/C23H22AsO3/c1-27-23(26)17-22(25)18-24(19-11-5-2-6-12-19,20-13-7-3-8-14-20)21-15-9-4-10-16-21/h2-16H,17-18H2,1H3/q+1. The third-order valence-electron chi connectivity index (χ3n) is 4.57. The Balaban J connectivity index is 2.20. The Hall–Kier alpha value is -2.64. The number of hydrogen-bond donors (Lipinski definition) is 0. The first kappa shape index (κ1) is 19.1. The summed E-state index contributed by atoms with van der Waals surface area (Å²) in [6.45, 7) is 0. The molecule has 0 aromatic heterocycles. The molecule has 0 heterocycles. The first-order chi connectivity index (χ1) is 13.2. The van der Waals surface area contributed by atoms with Gasteiger partial charge in [-0.15, -0.1) is 0 Å². The minimum absolute atomic E-state index is 0.0779. The van der Waals surface area contributed by atoms with E-state index in [1.54, 1.807) is 0 Å². The van der Waals surface area contributed by atoms with Gasteiger partial charge in [0.1, 0.15) is 0 Å². The van der Waals surface area contributed by atoms with E-state index in [9.17, 15) is 9.59 Å². The molecular formula is C23H22AsO3+. The topological polar surface area (TPSA) is 43.4 Å². The fourth-order valence-corrected chi connectivity index (χ4v) is 12.0. The zero-order valence-corrected chi connectivity index (χ0v) is 17.1. The Morgan fingerprint density at radius 2 is 1.07 bits per heavy atom. The van der Waals surface area contributed by atoms with E-state index >= 15 is 0 Å². The van der Waals surface area contributed by atoms with Crippen LogP contribution in [0.5, 0.6) is 0 Å². The quantitative estimate of drug-likeness (QED) is 0.334. The molecule has 3 nitrogen and oxygen atoms in total. The van der Waals surface area contributed by atoms with Gasteiger partial charge in [0.25, 0.3) is 0 Å². The SMILES string of the molecule is COC(=O)CC(=O)C[As+](c1ccccc1)(c1ccccc1)c1ccccc1. The fraction of sp³-hybridized carbons (Fsp3) is 0.130. The van der Waals surface area contributed by atoms with E-state index in [2.05, 4.69) is 36.4 Å². The summed E-state index contributed by atoms with van der Waals surface area (Å²) in [5, 5.41) is 0.353. The molecule has 0 spiro atoms. The average molecular weight is 421 g/mol. The number of carbonyl (C=O) groups is 2. The van der Waals surface area contributed by atoms with Gasteiger partial charge in [0.15, 0.2) is 0 Å². The van der Waals surface area contributed by atoms with Crippen LogP contribution in [-0.4, -0.2) is 32.4 Å². The van der Waals surface area contributed by atoms with E-state index < -0.39 is 19.5 Å². The summed E-state index contributed by atoms with van der Waals surface area (Å²) in [5.41, 5.74) is 0. The van der Waals surface area contributed by atoms with Crippen LogP contribution in [-0.2, 0) is 14.3 Å². The summed E-state index contributed by atoms with van der Waals surface area (Å²) in [4.78, 5) is 24.6. The van der Waals surface area contributed by atoms with Crippen molar-refractivity contribution in [2.45, 2.75) is 11.6 Å². The maximum absolute atomic E-state index is 12.9. The number of carbonyl (C=O) groups excluding carboxylic acids is 2. The minimum atomic E-state index is -3.09. The monoisotopic (exact) mass is 421 g/mol. The van der Waals surface area contributed by atoms with Crippen molar-refractivity contribution in [2.24, 2.45) is 0 Å². The van der Waals surface area contributed by atoms with Crippen molar-refractivity contribution >= 4 is 38.4 Å². The molecule has 0 aliphatic heterocycles.